The molecule has 0 bridgehead atoms. The summed E-state index contributed by atoms with van der Waals surface area (Å²) in [6.45, 7) is 2.97. The molecular formula is C10H18N4. The zero-order valence-corrected chi connectivity index (χ0v) is 8.66. The maximum atomic E-state index is 5.51. The molecule has 1 fully saturated rings. The van der Waals surface area contributed by atoms with Crippen LogP contribution >= 0.6 is 0 Å². The summed E-state index contributed by atoms with van der Waals surface area (Å²) < 4.78 is 0. The van der Waals surface area contributed by atoms with Crippen molar-refractivity contribution < 1.29 is 0 Å². The molecule has 3 N–H and O–H groups in total. The number of nitrogens with two attached hydrogens (primary N) is 1. The van der Waals surface area contributed by atoms with Crippen molar-refractivity contribution in [2.45, 2.75) is 19.4 Å². The SMILES string of the molecule is CN1CCC(Cc2cc(CN)[nH]n2)C1. The summed E-state index contributed by atoms with van der Waals surface area (Å²) in [5.74, 6) is 0.772. The number of rotatable bonds is 3. The van der Waals surface area contributed by atoms with Crippen LogP contribution in [0, 0.1) is 5.92 Å². The van der Waals surface area contributed by atoms with Gasteiger partial charge in [-0.15, -0.1) is 0 Å². The van der Waals surface area contributed by atoms with Gasteiger partial charge in [-0.25, -0.2) is 0 Å². The summed E-state index contributed by atoms with van der Waals surface area (Å²) in [6, 6.07) is 2.08. The number of nitrogens with one attached hydrogen (secondary N) is 1. The van der Waals surface area contributed by atoms with E-state index in [1.165, 1.54) is 19.5 Å². The lowest BCUT2D eigenvalue weighted by Gasteiger charge is -2.07. The Morgan fingerprint density at radius 3 is 3.14 bits per heavy atom. The van der Waals surface area contributed by atoms with Crippen LogP contribution in [-0.4, -0.2) is 35.2 Å². The predicted octanol–water partition coefficient (Wildman–Crippen LogP) is 0.363. The zero-order chi connectivity index (χ0) is 9.97. The molecule has 0 aromatic carbocycles. The maximum absolute atomic E-state index is 5.51. The largest absolute Gasteiger partial charge is 0.325 e. The molecule has 0 radical (unpaired) electrons. The van der Waals surface area contributed by atoms with Gasteiger partial charge in [0, 0.05) is 18.8 Å². The summed E-state index contributed by atoms with van der Waals surface area (Å²) in [5.41, 5.74) is 7.71. The number of aromatic nitrogens is 2. The van der Waals surface area contributed by atoms with E-state index >= 15 is 0 Å². The Morgan fingerprint density at radius 1 is 1.71 bits per heavy atom. The van der Waals surface area contributed by atoms with Gasteiger partial charge in [0.05, 0.1) is 5.69 Å². The fourth-order valence-corrected chi connectivity index (χ4v) is 2.11. The Hall–Kier alpha value is -0.870. The molecular weight excluding hydrogens is 176 g/mol. The van der Waals surface area contributed by atoms with Crippen LogP contribution in [0.25, 0.3) is 0 Å². The molecule has 1 aromatic rings. The van der Waals surface area contributed by atoms with Crippen molar-refractivity contribution in [2.24, 2.45) is 11.7 Å². The molecule has 2 heterocycles. The van der Waals surface area contributed by atoms with Gasteiger partial charge in [-0.1, -0.05) is 0 Å². The lowest BCUT2D eigenvalue weighted by atomic mass is 10.0. The Morgan fingerprint density at radius 2 is 2.57 bits per heavy atom. The van der Waals surface area contributed by atoms with E-state index in [0.717, 1.165) is 23.7 Å². The van der Waals surface area contributed by atoms with Crippen molar-refractivity contribution in [1.29, 1.82) is 0 Å². The first kappa shape index (κ1) is 9.68. The van der Waals surface area contributed by atoms with E-state index in [2.05, 4.69) is 28.2 Å². The highest BCUT2D eigenvalue weighted by molar-refractivity contribution is 5.09. The average Bonchev–Trinajstić information content (AvgIpc) is 2.76. The molecule has 1 saturated heterocycles. The molecule has 14 heavy (non-hydrogen) atoms. The van der Waals surface area contributed by atoms with Crippen LogP contribution in [-0.2, 0) is 13.0 Å². The normalized spacial score (nSPS) is 23.1. The highest BCUT2D eigenvalue weighted by Gasteiger charge is 2.20. The van der Waals surface area contributed by atoms with Crippen LogP contribution in [0.4, 0.5) is 0 Å². The van der Waals surface area contributed by atoms with E-state index in [-0.39, 0.29) is 0 Å². The van der Waals surface area contributed by atoms with E-state index in [0.29, 0.717) is 6.54 Å². The van der Waals surface area contributed by atoms with Gasteiger partial charge in [-0.2, -0.15) is 5.10 Å². The molecule has 1 aliphatic rings. The van der Waals surface area contributed by atoms with Gasteiger partial charge in [0.25, 0.3) is 0 Å². The number of H-pyrrole nitrogens is 1. The van der Waals surface area contributed by atoms with Crippen LogP contribution in [0.15, 0.2) is 6.07 Å². The first-order valence-corrected chi connectivity index (χ1v) is 5.19. The standard InChI is InChI=1S/C10H18N4/c1-14-3-2-8(7-14)4-9-5-10(6-11)13-12-9/h5,8H,2-4,6-7,11H2,1H3,(H,12,13). The van der Waals surface area contributed by atoms with E-state index < -0.39 is 0 Å². The van der Waals surface area contributed by atoms with Crippen molar-refractivity contribution >= 4 is 0 Å². The Labute approximate surface area is 84.5 Å². The Bertz CT molecular complexity index is 294. The molecule has 78 valence electrons. The number of likely N-dealkylation sites (tertiary alicyclic amines) is 1. The minimum atomic E-state index is 0.553. The van der Waals surface area contributed by atoms with Gasteiger partial charge in [0.1, 0.15) is 0 Å². The van der Waals surface area contributed by atoms with E-state index in [1.54, 1.807) is 0 Å². The van der Waals surface area contributed by atoms with E-state index in [1.807, 2.05) is 0 Å². The topological polar surface area (TPSA) is 57.9 Å². The summed E-state index contributed by atoms with van der Waals surface area (Å²) >= 11 is 0. The van der Waals surface area contributed by atoms with Gasteiger partial charge in [0.15, 0.2) is 0 Å². The average molecular weight is 194 g/mol. The monoisotopic (exact) mass is 194 g/mol. The zero-order valence-electron chi connectivity index (χ0n) is 8.66. The molecule has 0 amide bonds. The third-order valence-electron chi connectivity index (χ3n) is 2.89. The van der Waals surface area contributed by atoms with Gasteiger partial charge in [-0.05, 0) is 38.4 Å². The number of hydrogen-bond donors (Lipinski definition) is 2. The fourth-order valence-electron chi connectivity index (χ4n) is 2.11. The minimum absolute atomic E-state index is 0.553. The van der Waals surface area contributed by atoms with Crippen LogP contribution in [0.3, 0.4) is 0 Å². The third-order valence-corrected chi connectivity index (χ3v) is 2.89. The van der Waals surface area contributed by atoms with Crippen molar-refractivity contribution in [1.82, 2.24) is 15.1 Å². The maximum Gasteiger partial charge on any atom is 0.0628 e. The summed E-state index contributed by atoms with van der Waals surface area (Å²) in [4.78, 5) is 2.38. The molecule has 4 heteroatoms. The Kier molecular flexibility index (Phi) is 2.84. The van der Waals surface area contributed by atoms with Crippen molar-refractivity contribution in [3.63, 3.8) is 0 Å². The highest BCUT2D eigenvalue weighted by Crippen LogP contribution is 2.18. The van der Waals surface area contributed by atoms with Crippen molar-refractivity contribution in [3.05, 3.63) is 17.5 Å². The second-order valence-electron chi connectivity index (χ2n) is 4.21. The first-order valence-electron chi connectivity index (χ1n) is 5.19. The Balaban J connectivity index is 1.90. The lowest BCUT2D eigenvalue weighted by molar-refractivity contribution is 0.393. The minimum Gasteiger partial charge on any atom is -0.325 e. The molecule has 0 saturated carbocycles. The molecule has 0 aliphatic carbocycles. The van der Waals surface area contributed by atoms with Gasteiger partial charge in [0.2, 0.25) is 0 Å². The highest BCUT2D eigenvalue weighted by atomic mass is 15.1. The number of hydrogen-bond acceptors (Lipinski definition) is 3. The third kappa shape index (κ3) is 2.13. The summed E-state index contributed by atoms with van der Waals surface area (Å²) in [6.07, 6.45) is 2.38. The fraction of sp³-hybridized carbons (Fsp3) is 0.700. The van der Waals surface area contributed by atoms with Crippen LogP contribution < -0.4 is 5.73 Å². The first-order chi connectivity index (χ1) is 6.78. The van der Waals surface area contributed by atoms with Gasteiger partial charge in [-0.3, -0.25) is 5.10 Å². The van der Waals surface area contributed by atoms with Crippen molar-refractivity contribution in [3.8, 4) is 0 Å². The summed E-state index contributed by atoms with van der Waals surface area (Å²) in [7, 11) is 2.18. The number of aromatic amines is 1. The van der Waals surface area contributed by atoms with Gasteiger partial charge < -0.3 is 10.6 Å². The summed E-state index contributed by atoms with van der Waals surface area (Å²) in [5, 5.41) is 7.20. The van der Waals surface area contributed by atoms with Crippen LogP contribution in [0.1, 0.15) is 17.8 Å². The smallest absolute Gasteiger partial charge is 0.0628 e. The van der Waals surface area contributed by atoms with Gasteiger partial charge >= 0.3 is 0 Å². The second-order valence-corrected chi connectivity index (χ2v) is 4.21. The molecule has 1 aliphatic heterocycles. The quantitative estimate of drug-likeness (QED) is 0.730. The molecule has 1 atom stereocenters. The van der Waals surface area contributed by atoms with Crippen molar-refractivity contribution in [2.75, 3.05) is 20.1 Å². The van der Waals surface area contributed by atoms with E-state index in [4.69, 9.17) is 5.73 Å². The molecule has 2 rings (SSSR count). The second kappa shape index (κ2) is 4.11. The van der Waals surface area contributed by atoms with E-state index in [9.17, 15) is 0 Å². The van der Waals surface area contributed by atoms with Crippen LogP contribution in [0.5, 0.6) is 0 Å². The molecule has 1 unspecified atom stereocenters. The van der Waals surface area contributed by atoms with Crippen LogP contribution in [0.2, 0.25) is 0 Å². The molecule has 1 aromatic heterocycles. The number of nitrogens with zero attached hydrogens (tertiary/aromatic N) is 2. The predicted molar refractivity (Wildman–Crippen MR) is 55.8 cm³/mol. The molecule has 4 nitrogen and oxygen atoms in total. The molecule has 0 spiro atoms. The lowest BCUT2D eigenvalue weighted by Crippen LogP contribution is -2.15.